The lowest BCUT2D eigenvalue weighted by molar-refractivity contribution is -0.140. The number of rotatable bonds is 13. The lowest BCUT2D eigenvalue weighted by Gasteiger charge is -2.40. The van der Waals surface area contributed by atoms with E-state index in [0.717, 1.165) is 5.56 Å². The molecule has 2 aromatic rings. The normalized spacial score (nSPS) is 14.8. The Morgan fingerprint density at radius 2 is 1.49 bits per heavy atom. The van der Waals surface area contributed by atoms with Crippen LogP contribution in [0.25, 0.3) is 0 Å². The van der Waals surface area contributed by atoms with Gasteiger partial charge in [-0.2, -0.15) is 0 Å². The number of hydrogen-bond acceptors (Lipinski definition) is 6. The number of sulfonamides is 1. The first-order chi connectivity index (χ1) is 20.7. The Hall–Kier alpha value is -3.21. The Kier molecular flexibility index (Phi) is 13.0. The molecule has 9 nitrogen and oxygen atoms in total. The summed E-state index contributed by atoms with van der Waals surface area (Å²) in [5.74, 6) is -1.95. The van der Waals surface area contributed by atoms with E-state index in [-0.39, 0.29) is 23.3 Å². The number of nitrogens with zero attached hydrogens (tertiary/aromatic N) is 1. The Morgan fingerprint density at radius 3 is 1.98 bits per heavy atom. The van der Waals surface area contributed by atoms with Crippen molar-refractivity contribution in [2.24, 2.45) is 11.3 Å². The lowest BCUT2D eigenvalue weighted by atomic mass is 9.76. The topological polar surface area (TPSA) is 125 Å². The van der Waals surface area contributed by atoms with E-state index in [0.29, 0.717) is 10.6 Å². The third-order valence-electron chi connectivity index (χ3n) is 7.96. The maximum Gasteiger partial charge on any atom is 0.260 e. The van der Waals surface area contributed by atoms with Crippen LogP contribution < -0.4 is 15.4 Å². The van der Waals surface area contributed by atoms with Crippen molar-refractivity contribution < 1.29 is 22.8 Å². The molecule has 0 bridgehead atoms. The fraction of sp³-hybridized carbons (Fsp3) is 0.500. The summed E-state index contributed by atoms with van der Waals surface area (Å²) in [7, 11) is -0.645. The number of amides is 3. The fourth-order valence-corrected chi connectivity index (χ4v) is 6.49. The number of hydrogen-bond donors (Lipinski definition) is 3. The van der Waals surface area contributed by atoms with E-state index in [1.165, 1.54) is 11.8 Å². The standard InChI is InChI=1S/C34H49ClN4O5S/c1-22(2)27(20-23(3)30(40)38-45(43,44)21-24-16-18-26(35)19-17-24)39(10)32(42)29(33(4,5)6)37-31(41)28(36-9)34(7,8)25-14-12-11-13-15-25/h11-20,22,27-29,36H,21H2,1-10H3,(H,37,41)(H,38,40)/b23-20+/t27-,28-,29-/m1/s1. The molecule has 0 saturated heterocycles. The fourth-order valence-electron chi connectivity index (χ4n) is 5.22. The highest BCUT2D eigenvalue weighted by Crippen LogP contribution is 2.29. The molecule has 11 heteroatoms. The van der Waals surface area contributed by atoms with Gasteiger partial charge >= 0.3 is 0 Å². The number of halogens is 1. The van der Waals surface area contributed by atoms with Crippen LogP contribution in [-0.2, 0) is 35.6 Å². The van der Waals surface area contributed by atoms with Crippen LogP contribution in [0.2, 0.25) is 5.02 Å². The first-order valence-corrected chi connectivity index (χ1v) is 17.0. The minimum atomic E-state index is -3.99. The van der Waals surface area contributed by atoms with Crippen LogP contribution in [0, 0.1) is 11.3 Å². The molecule has 0 aliphatic heterocycles. The van der Waals surface area contributed by atoms with Gasteiger partial charge in [-0.05, 0) is 48.6 Å². The number of likely N-dealkylation sites (N-methyl/N-ethyl adjacent to an activating group) is 2. The summed E-state index contributed by atoms with van der Waals surface area (Å²) in [6, 6.07) is 13.9. The molecular formula is C34H49ClN4O5S. The molecule has 2 aromatic carbocycles. The van der Waals surface area contributed by atoms with Gasteiger partial charge in [0.15, 0.2) is 0 Å². The highest BCUT2D eigenvalue weighted by molar-refractivity contribution is 7.89. The van der Waals surface area contributed by atoms with Crippen molar-refractivity contribution in [3.05, 3.63) is 82.4 Å². The molecule has 3 amide bonds. The number of carbonyl (C=O) groups excluding carboxylic acids is 3. The zero-order chi connectivity index (χ0) is 34.3. The summed E-state index contributed by atoms with van der Waals surface area (Å²) >= 11 is 5.88. The van der Waals surface area contributed by atoms with E-state index >= 15 is 0 Å². The molecule has 0 fully saturated rings. The van der Waals surface area contributed by atoms with Crippen LogP contribution in [-0.4, -0.2) is 63.3 Å². The van der Waals surface area contributed by atoms with Gasteiger partial charge in [0, 0.05) is 23.1 Å². The summed E-state index contributed by atoms with van der Waals surface area (Å²) in [5.41, 5.74) is 0.367. The van der Waals surface area contributed by atoms with Crippen LogP contribution in [0.3, 0.4) is 0 Å². The first-order valence-electron chi connectivity index (χ1n) is 15.0. The number of carbonyl (C=O) groups is 3. The molecule has 248 valence electrons. The van der Waals surface area contributed by atoms with Crippen LogP contribution in [0.4, 0.5) is 0 Å². The lowest BCUT2D eigenvalue weighted by Crippen LogP contribution is -2.61. The van der Waals surface area contributed by atoms with Gasteiger partial charge in [0.2, 0.25) is 21.8 Å². The van der Waals surface area contributed by atoms with E-state index in [1.807, 2.05) is 78.8 Å². The van der Waals surface area contributed by atoms with Crippen molar-refractivity contribution >= 4 is 39.3 Å². The monoisotopic (exact) mass is 660 g/mol. The Morgan fingerprint density at radius 1 is 0.933 bits per heavy atom. The minimum Gasteiger partial charge on any atom is -0.342 e. The van der Waals surface area contributed by atoms with Crippen molar-refractivity contribution in [2.75, 3.05) is 14.1 Å². The predicted molar refractivity (Wildman–Crippen MR) is 181 cm³/mol. The molecule has 3 N–H and O–H groups in total. The second-order valence-electron chi connectivity index (χ2n) is 13.5. The van der Waals surface area contributed by atoms with Crippen molar-refractivity contribution in [1.82, 2.24) is 20.3 Å². The third-order valence-corrected chi connectivity index (χ3v) is 9.43. The molecule has 2 rings (SSSR count). The molecule has 0 spiro atoms. The van der Waals surface area contributed by atoms with E-state index < -0.39 is 50.6 Å². The summed E-state index contributed by atoms with van der Waals surface area (Å²) in [5, 5.41) is 6.62. The predicted octanol–water partition coefficient (Wildman–Crippen LogP) is 4.81. The quantitative estimate of drug-likeness (QED) is 0.265. The largest absolute Gasteiger partial charge is 0.342 e. The summed E-state index contributed by atoms with van der Waals surface area (Å²) < 4.78 is 27.5. The molecule has 0 heterocycles. The van der Waals surface area contributed by atoms with Gasteiger partial charge in [-0.15, -0.1) is 0 Å². The molecule has 45 heavy (non-hydrogen) atoms. The number of nitrogens with one attached hydrogen (secondary N) is 3. The number of benzene rings is 2. The van der Waals surface area contributed by atoms with Crippen molar-refractivity contribution in [3.63, 3.8) is 0 Å². The van der Waals surface area contributed by atoms with Gasteiger partial charge in [-0.3, -0.25) is 14.4 Å². The molecule has 0 saturated carbocycles. The maximum absolute atomic E-state index is 14.1. The Labute approximate surface area is 274 Å². The maximum atomic E-state index is 14.1. The molecule has 0 aliphatic rings. The third kappa shape index (κ3) is 10.4. The Bertz CT molecular complexity index is 1470. The molecule has 0 radical (unpaired) electrons. The smallest absolute Gasteiger partial charge is 0.260 e. The van der Waals surface area contributed by atoms with Crippen molar-refractivity contribution in [1.29, 1.82) is 0 Å². The van der Waals surface area contributed by atoms with Crippen LogP contribution in [0.15, 0.2) is 66.2 Å². The van der Waals surface area contributed by atoms with Gasteiger partial charge in [0.05, 0.1) is 17.8 Å². The van der Waals surface area contributed by atoms with E-state index in [2.05, 4.69) is 15.4 Å². The highest BCUT2D eigenvalue weighted by Gasteiger charge is 2.41. The summed E-state index contributed by atoms with van der Waals surface area (Å²) in [6.07, 6.45) is 1.59. The second kappa shape index (κ2) is 15.4. The van der Waals surface area contributed by atoms with Gasteiger partial charge in [0.1, 0.15) is 6.04 Å². The summed E-state index contributed by atoms with van der Waals surface area (Å²) in [4.78, 5) is 42.3. The molecular weight excluding hydrogens is 612 g/mol. The van der Waals surface area contributed by atoms with Crippen molar-refractivity contribution in [2.45, 2.75) is 84.7 Å². The van der Waals surface area contributed by atoms with Crippen LogP contribution in [0.1, 0.15) is 66.5 Å². The van der Waals surface area contributed by atoms with Crippen molar-refractivity contribution in [3.8, 4) is 0 Å². The average molecular weight is 661 g/mol. The van der Waals surface area contributed by atoms with E-state index in [9.17, 15) is 22.8 Å². The molecule has 0 aromatic heterocycles. The van der Waals surface area contributed by atoms with Gasteiger partial charge in [-0.25, -0.2) is 13.1 Å². The summed E-state index contributed by atoms with van der Waals surface area (Å²) in [6.45, 7) is 14.9. The van der Waals surface area contributed by atoms with Crippen LogP contribution >= 0.6 is 11.6 Å². The second-order valence-corrected chi connectivity index (χ2v) is 15.6. The van der Waals surface area contributed by atoms with Gasteiger partial charge < -0.3 is 15.5 Å². The average Bonchev–Trinajstić information content (AvgIpc) is 2.94. The zero-order valence-electron chi connectivity index (χ0n) is 28.1. The molecule has 3 atom stereocenters. The van der Waals surface area contributed by atoms with Crippen LogP contribution in [0.5, 0.6) is 0 Å². The minimum absolute atomic E-state index is 0.134. The zero-order valence-corrected chi connectivity index (χ0v) is 29.6. The first kappa shape index (κ1) is 38.0. The Balaban J connectivity index is 2.29. The molecule has 0 aliphatic carbocycles. The van der Waals surface area contributed by atoms with E-state index in [1.54, 1.807) is 44.4 Å². The van der Waals surface area contributed by atoms with Gasteiger partial charge in [0.25, 0.3) is 5.91 Å². The highest BCUT2D eigenvalue weighted by atomic mass is 35.5. The SMILES string of the molecule is CN[C@H](C(=O)N[C@H](C(=O)N(C)[C@H](/C=C(\C)C(=O)NS(=O)(=O)Cc1ccc(Cl)cc1)C(C)C)C(C)(C)C)C(C)(C)c1ccccc1. The van der Waals surface area contributed by atoms with E-state index in [4.69, 9.17) is 11.6 Å². The molecule has 0 unspecified atom stereocenters. The van der Waals surface area contributed by atoms with Gasteiger partial charge in [-0.1, -0.05) is 109 Å².